The molecule has 3 aromatic rings. The van der Waals surface area contributed by atoms with Gasteiger partial charge in [-0.2, -0.15) is 0 Å². The maximum absolute atomic E-state index is 13.3. The quantitative estimate of drug-likeness (QED) is 0.544. The highest BCUT2D eigenvalue weighted by Gasteiger charge is 2.22. The number of esters is 1. The van der Waals surface area contributed by atoms with E-state index in [0.29, 0.717) is 22.4 Å². The molecule has 0 saturated heterocycles. The number of aromatic nitrogens is 1. The van der Waals surface area contributed by atoms with E-state index in [4.69, 9.17) is 9.15 Å². The lowest BCUT2D eigenvalue weighted by molar-refractivity contribution is -0.142. The molecule has 0 aliphatic carbocycles. The molecule has 0 saturated carbocycles. The predicted octanol–water partition coefficient (Wildman–Crippen LogP) is 3.80. The van der Waals surface area contributed by atoms with Crippen molar-refractivity contribution >= 4 is 15.8 Å². The molecule has 0 radical (unpaired) electrons. The normalized spacial score (nSPS) is 11.4. The zero-order valence-electron chi connectivity index (χ0n) is 16.0. The SMILES string of the molecule is CCOC(=O)Cc1nc(-c2ccc(F)cc2)oc1-c1ccccc1CS(C)(=O)=O. The summed E-state index contributed by atoms with van der Waals surface area (Å²) >= 11 is 0. The first-order valence-corrected chi connectivity index (χ1v) is 11.0. The van der Waals surface area contributed by atoms with E-state index in [-0.39, 0.29) is 30.4 Å². The molecule has 0 unspecified atom stereocenters. The van der Waals surface area contributed by atoms with Gasteiger partial charge in [0.2, 0.25) is 5.89 Å². The van der Waals surface area contributed by atoms with E-state index in [1.165, 1.54) is 24.3 Å². The second-order valence-corrected chi connectivity index (χ2v) is 8.65. The average molecular weight is 417 g/mol. The second kappa shape index (κ2) is 8.57. The first kappa shape index (κ1) is 20.7. The molecule has 1 heterocycles. The number of carbonyl (C=O) groups excluding carboxylic acids is 1. The Labute approximate surface area is 168 Å². The molecule has 3 rings (SSSR count). The molecule has 0 atom stereocenters. The molecule has 1 aromatic heterocycles. The molecule has 8 heteroatoms. The van der Waals surface area contributed by atoms with E-state index in [1.54, 1.807) is 31.2 Å². The van der Waals surface area contributed by atoms with Crippen molar-refractivity contribution < 1.29 is 26.8 Å². The predicted molar refractivity (Wildman–Crippen MR) is 106 cm³/mol. The number of rotatable bonds is 7. The lowest BCUT2D eigenvalue weighted by Gasteiger charge is -2.08. The van der Waals surface area contributed by atoms with Crippen LogP contribution >= 0.6 is 0 Å². The Balaban J connectivity index is 2.11. The van der Waals surface area contributed by atoms with E-state index in [2.05, 4.69) is 4.98 Å². The number of sulfone groups is 1. The third-order valence-corrected chi connectivity index (χ3v) is 4.92. The van der Waals surface area contributed by atoms with Crippen LogP contribution in [0, 0.1) is 5.82 Å². The van der Waals surface area contributed by atoms with Gasteiger partial charge in [-0.3, -0.25) is 4.79 Å². The van der Waals surface area contributed by atoms with Crippen molar-refractivity contribution in [3.05, 3.63) is 65.6 Å². The van der Waals surface area contributed by atoms with Crippen LogP contribution in [0.4, 0.5) is 4.39 Å². The maximum atomic E-state index is 13.3. The van der Waals surface area contributed by atoms with Crippen LogP contribution in [-0.2, 0) is 31.5 Å². The summed E-state index contributed by atoms with van der Waals surface area (Å²) in [5.74, 6) is -0.571. The van der Waals surface area contributed by atoms with Gasteiger partial charge < -0.3 is 9.15 Å². The maximum Gasteiger partial charge on any atom is 0.312 e. The smallest absolute Gasteiger partial charge is 0.312 e. The van der Waals surface area contributed by atoms with Gasteiger partial charge in [-0.05, 0) is 36.8 Å². The molecular formula is C21H20FNO5S. The Kier molecular flexibility index (Phi) is 6.12. The lowest BCUT2D eigenvalue weighted by atomic mass is 10.0. The summed E-state index contributed by atoms with van der Waals surface area (Å²) in [6.45, 7) is 1.93. The van der Waals surface area contributed by atoms with Gasteiger partial charge in [0.25, 0.3) is 0 Å². The highest BCUT2D eigenvalue weighted by Crippen LogP contribution is 2.33. The van der Waals surface area contributed by atoms with Gasteiger partial charge in [0, 0.05) is 17.4 Å². The zero-order chi connectivity index (χ0) is 21.0. The van der Waals surface area contributed by atoms with E-state index < -0.39 is 21.6 Å². The van der Waals surface area contributed by atoms with Gasteiger partial charge in [0.15, 0.2) is 15.6 Å². The summed E-state index contributed by atoms with van der Waals surface area (Å²) in [6, 6.07) is 12.5. The summed E-state index contributed by atoms with van der Waals surface area (Å²) < 4.78 is 47.9. The Morgan fingerprint density at radius 1 is 1.14 bits per heavy atom. The number of oxazole rings is 1. The van der Waals surface area contributed by atoms with Crippen molar-refractivity contribution in [1.29, 1.82) is 0 Å². The van der Waals surface area contributed by atoms with Crippen molar-refractivity contribution in [1.82, 2.24) is 4.98 Å². The average Bonchev–Trinajstić information content (AvgIpc) is 3.05. The van der Waals surface area contributed by atoms with Crippen LogP contribution in [0.15, 0.2) is 52.9 Å². The van der Waals surface area contributed by atoms with E-state index >= 15 is 0 Å². The fourth-order valence-electron chi connectivity index (χ4n) is 2.90. The fraction of sp³-hybridized carbons (Fsp3) is 0.238. The van der Waals surface area contributed by atoms with Crippen LogP contribution in [0.5, 0.6) is 0 Å². The Hall–Kier alpha value is -3.00. The molecule has 0 spiro atoms. The van der Waals surface area contributed by atoms with Crippen LogP contribution in [0.2, 0.25) is 0 Å². The molecule has 0 N–H and O–H groups in total. The van der Waals surface area contributed by atoms with Crippen molar-refractivity contribution in [2.75, 3.05) is 12.9 Å². The van der Waals surface area contributed by atoms with Gasteiger partial charge in [0.05, 0.1) is 24.5 Å². The molecule has 6 nitrogen and oxygen atoms in total. The minimum atomic E-state index is -3.30. The van der Waals surface area contributed by atoms with Crippen LogP contribution in [-0.4, -0.2) is 32.2 Å². The van der Waals surface area contributed by atoms with Crippen molar-refractivity contribution in [2.45, 2.75) is 19.1 Å². The highest BCUT2D eigenvalue weighted by molar-refractivity contribution is 7.89. The molecule has 0 fully saturated rings. The number of benzene rings is 2. The van der Waals surface area contributed by atoms with Crippen molar-refractivity contribution in [3.8, 4) is 22.8 Å². The van der Waals surface area contributed by atoms with Crippen molar-refractivity contribution in [2.24, 2.45) is 0 Å². The van der Waals surface area contributed by atoms with Gasteiger partial charge in [-0.1, -0.05) is 24.3 Å². The van der Waals surface area contributed by atoms with E-state index in [0.717, 1.165) is 6.26 Å². The Morgan fingerprint density at radius 2 is 1.83 bits per heavy atom. The third kappa shape index (κ3) is 5.29. The molecule has 0 aliphatic rings. The van der Waals surface area contributed by atoms with E-state index in [1.807, 2.05) is 0 Å². The largest absolute Gasteiger partial charge is 0.466 e. The first-order valence-electron chi connectivity index (χ1n) is 8.94. The highest BCUT2D eigenvalue weighted by atomic mass is 32.2. The number of halogens is 1. The van der Waals surface area contributed by atoms with Crippen LogP contribution in [0.3, 0.4) is 0 Å². The third-order valence-electron chi connectivity index (χ3n) is 4.09. The summed E-state index contributed by atoms with van der Waals surface area (Å²) in [5.41, 5.74) is 1.91. The number of ether oxygens (including phenoxy) is 1. The van der Waals surface area contributed by atoms with Gasteiger partial charge in [-0.25, -0.2) is 17.8 Å². The lowest BCUT2D eigenvalue weighted by Crippen LogP contribution is -2.09. The molecule has 0 bridgehead atoms. The van der Waals surface area contributed by atoms with Gasteiger partial charge >= 0.3 is 5.97 Å². The number of carbonyl (C=O) groups is 1. The zero-order valence-corrected chi connectivity index (χ0v) is 16.8. The summed E-state index contributed by atoms with van der Waals surface area (Å²) in [7, 11) is -3.30. The number of hydrogen-bond donors (Lipinski definition) is 0. The summed E-state index contributed by atoms with van der Waals surface area (Å²) in [5, 5.41) is 0. The van der Waals surface area contributed by atoms with Crippen LogP contribution in [0.1, 0.15) is 18.2 Å². The first-order chi connectivity index (χ1) is 13.8. The van der Waals surface area contributed by atoms with Gasteiger partial charge in [0.1, 0.15) is 5.82 Å². The number of hydrogen-bond acceptors (Lipinski definition) is 6. The van der Waals surface area contributed by atoms with Crippen LogP contribution < -0.4 is 0 Å². The molecule has 0 amide bonds. The molecule has 0 aliphatic heterocycles. The standard InChI is InChI=1S/C21H20FNO5S/c1-3-27-19(24)12-18-20(17-7-5-4-6-15(17)13-29(2,25)26)28-21(23-18)14-8-10-16(22)11-9-14/h4-11H,3,12-13H2,1-2H3. The van der Waals surface area contributed by atoms with Gasteiger partial charge in [-0.15, -0.1) is 0 Å². The molecule has 2 aromatic carbocycles. The molecule has 152 valence electrons. The Bertz CT molecular complexity index is 1120. The van der Waals surface area contributed by atoms with Crippen LogP contribution in [0.25, 0.3) is 22.8 Å². The Morgan fingerprint density at radius 3 is 2.48 bits per heavy atom. The monoisotopic (exact) mass is 417 g/mol. The van der Waals surface area contributed by atoms with E-state index in [9.17, 15) is 17.6 Å². The fourth-order valence-corrected chi connectivity index (χ4v) is 3.71. The molecular weight excluding hydrogens is 397 g/mol. The minimum Gasteiger partial charge on any atom is -0.466 e. The number of nitrogens with zero attached hydrogens (tertiary/aromatic N) is 1. The molecule has 29 heavy (non-hydrogen) atoms. The topological polar surface area (TPSA) is 86.5 Å². The van der Waals surface area contributed by atoms with Crippen molar-refractivity contribution in [3.63, 3.8) is 0 Å². The minimum absolute atomic E-state index is 0.138. The summed E-state index contributed by atoms with van der Waals surface area (Å²) in [6.07, 6.45) is 1.01. The second-order valence-electron chi connectivity index (χ2n) is 6.51. The summed E-state index contributed by atoms with van der Waals surface area (Å²) in [4.78, 5) is 16.5.